The van der Waals surface area contributed by atoms with Crippen molar-refractivity contribution in [3.63, 3.8) is 0 Å². The minimum Gasteiger partial charge on any atom is -0.370 e. The summed E-state index contributed by atoms with van der Waals surface area (Å²) in [6, 6.07) is 15.0. The number of amides is 3. The second-order valence-electron chi connectivity index (χ2n) is 17.5. The van der Waals surface area contributed by atoms with Gasteiger partial charge in [0.25, 0.3) is 5.56 Å². The lowest BCUT2D eigenvalue weighted by Gasteiger charge is -2.42. The van der Waals surface area contributed by atoms with Gasteiger partial charge in [0.2, 0.25) is 17.7 Å². The van der Waals surface area contributed by atoms with Gasteiger partial charge in [0.15, 0.2) is 11.6 Å². The van der Waals surface area contributed by atoms with Crippen molar-refractivity contribution in [1.29, 1.82) is 0 Å². The molecule has 1 aliphatic carbocycles. The fourth-order valence-electron chi connectivity index (χ4n) is 11.0. The average molecular weight is 809 g/mol. The third-order valence-electron chi connectivity index (χ3n) is 14.1. The molecular weight excluding hydrogens is 762 g/mol. The van der Waals surface area contributed by atoms with Gasteiger partial charge in [-0.05, 0) is 105 Å². The number of anilines is 2. The first kappa shape index (κ1) is 37.6. The van der Waals surface area contributed by atoms with Gasteiger partial charge in [-0.1, -0.05) is 49.1 Å². The van der Waals surface area contributed by atoms with Crippen LogP contribution in [0.4, 0.5) is 20.2 Å². The lowest BCUT2D eigenvalue weighted by atomic mass is 9.69. The zero-order valence-electron chi connectivity index (χ0n) is 32.5. The number of hydrogen-bond donors (Lipinski definition) is 0. The number of rotatable bonds is 6. The molecular formula is C45H47ClF2N6O4. The summed E-state index contributed by atoms with van der Waals surface area (Å²) in [5.74, 6) is -1.58. The van der Waals surface area contributed by atoms with Crippen molar-refractivity contribution < 1.29 is 23.2 Å². The number of halogens is 3. The first-order valence-electron chi connectivity index (χ1n) is 21.1. The van der Waals surface area contributed by atoms with Crippen LogP contribution in [0.5, 0.6) is 0 Å². The highest BCUT2D eigenvalue weighted by Crippen LogP contribution is 2.52. The van der Waals surface area contributed by atoms with Crippen LogP contribution in [0.3, 0.4) is 0 Å². The van der Waals surface area contributed by atoms with E-state index in [2.05, 4.69) is 27.7 Å². The van der Waals surface area contributed by atoms with Crippen LogP contribution in [0, 0.1) is 23.5 Å². The van der Waals surface area contributed by atoms with Gasteiger partial charge in [-0.25, -0.2) is 13.7 Å². The van der Waals surface area contributed by atoms with Gasteiger partial charge in [-0.2, -0.15) is 4.98 Å². The number of aromatic nitrogens is 2. The number of imide groups is 1. The van der Waals surface area contributed by atoms with Crippen LogP contribution in [-0.2, 0) is 19.8 Å². The number of fused-ring (bicyclic) bond motifs is 7. The molecule has 4 saturated heterocycles. The molecule has 1 saturated carbocycles. The predicted octanol–water partition coefficient (Wildman–Crippen LogP) is 7.09. The highest BCUT2D eigenvalue weighted by Gasteiger charge is 2.47. The minimum atomic E-state index is -0.957. The second-order valence-corrected chi connectivity index (χ2v) is 17.9. The molecule has 10 nitrogen and oxygen atoms in total. The average Bonchev–Trinajstić information content (AvgIpc) is 3.76. The molecule has 6 heterocycles. The molecule has 0 N–H and O–H groups in total. The van der Waals surface area contributed by atoms with Crippen molar-refractivity contribution in [2.45, 2.75) is 82.0 Å². The highest BCUT2D eigenvalue weighted by molar-refractivity contribution is 6.35. The Kier molecular flexibility index (Phi) is 9.43. The van der Waals surface area contributed by atoms with Crippen LogP contribution in [0.2, 0.25) is 5.02 Å². The van der Waals surface area contributed by atoms with E-state index >= 15 is 8.78 Å². The number of piperidine rings is 2. The fraction of sp³-hybridized carbons (Fsp3) is 0.489. The van der Waals surface area contributed by atoms with Crippen molar-refractivity contribution in [2.75, 3.05) is 55.6 Å². The molecule has 1 atom stereocenters. The highest BCUT2D eigenvalue weighted by atomic mass is 35.5. The summed E-state index contributed by atoms with van der Waals surface area (Å²) in [5, 5.41) is 0.919. The van der Waals surface area contributed by atoms with Gasteiger partial charge < -0.3 is 14.7 Å². The molecule has 5 fully saturated rings. The van der Waals surface area contributed by atoms with Crippen LogP contribution in [0.1, 0.15) is 93.5 Å². The van der Waals surface area contributed by atoms with Crippen molar-refractivity contribution in [3.05, 3.63) is 92.5 Å². The van der Waals surface area contributed by atoms with Crippen molar-refractivity contribution in [1.82, 2.24) is 19.4 Å². The number of carbonyl (C=O) groups is 3. The molecule has 3 aromatic carbocycles. The summed E-state index contributed by atoms with van der Waals surface area (Å²) < 4.78 is 32.5. The number of likely N-dealkylation sites (tertiary alicyclic amines) is 2. The Labute approximate surface area is 340 Å². The van der Waals surface area contributed by atoms with E-state index in [9.17, 15) is 19.2 Å². The molecule has 1 aromatic heterocycles. The molecule has 0 radical (unpaired) electrons. The summed E-state index contributed by atoms with van der Waals surface area (Å²) in [7, 11) is 0. The van der Waals surface area contributed by atoms with Crippen LogP contribution in [-0.4, -0.2) is 82.9 Å². The number of hydrogen-bond acceptors (Lipinski definition) is 7. The maximum Gasteiger partial charge on any atom is 0.282 e. The van der Waals surface area contributed by atoms with Crippen LogP contribution in [0.15, 0.2) is 53.3 Å². The van der Waals surface area contributed by atoms with E-state index < -0.39 is 29.1 Å². The van der Waals surface area contributed by atoms with E-state index in [1.807, 2.05) is 17.0 Å². The standard InChI is InChI=1S/C45H47ClF2N6O4/c46-33-6-4-7-36-40(33)42(57)49-44-45(15-2-1-3-16-45)32-11-10-29(20-37(32)53(36)44)28-13-17-50(18-14-28)23-27-12-19-51(24-27)43(58)30-25-52(26-30)31-21-34(47)41(35(48)22-31)54-38(55)8-5-9-39(54)56/h4,6-7,10-11,20-22,27-28,30H,1-3,5,8-9,12-19,23-26H2/t27-/m0/s1. The van der Waals surface area contributed by atoms with Crippen LogP contribution < -0.4 is 15.4 Å². The SMILES string of the molecule is O=C(C1CN(c2cc(F)c(N3C(=O)CCCC3=O)c(F)c2)C1)N1CC[C@@H](CN2CCC(c3ccc4c(c3)-n3c(nc(=O)c5c(Cl)cccc53)C43CCCCC3)CC2)C1. The predicted molar refractivity (Wildman–Crippen MR) is 218 cm³/mol. The van der Waals surface area contributed by atoms with E-state index in [1.54, 1.807) is 11.0 Å². The Morgan fingerprint density at radius 3 is 2.29 bits per heavy atom. The van der Waals surface area contributed by atoms with Gasteiger partial charge >= 0.3 is 0 Å². The van der Waals surface area contributed by atoms with Crippen molar-refractivity contribution >= 4 is 51.6 Å². The minimum absolute atomic E-state index is 0.0734. The van der Waals surface area contributed by atoms with E-state index in [-0.39, 0.29) is 35.6 Å². The molecule has 6 aliphatic rings. The summed E-state index contributed by atoms with van der Waals surface area (Å²) in [6.45, 7) is 5.08. The van der Waals surface area contributed by atoms with Gasteiger partial charge in [0, 0.05) is 51.3 Å². The Hall–Kier alpha value is -4.68. The third kappa shape index (κ3) is 6.15. The zero-order valence-corrected chi connectivity index (χ0v) is 33.3. The Morgan fingerprint density at radius 1 is 0.845 bits per heavy atom. The fourth-order valence-corrected chi connectivity index (χ4v) is 11.3. The topological polar surface area (TPSA) is 99.1 Å². The maximum absolute atomic E-state index is 15.1. The van der Waals surface area contributed by atoms with Gasteiger partial charge in [-0.3, -0.25) is 23.7 Å². The van der Waals surface area contributed by atoms with Crippen molar-refractivity contribution in [2.24, 2.45) is 11.8 Å². The number of carbonyl (C=O) groups excluding carboxylic acids is 3. The van der Waals surface area contributed by atoms with E-state index in [0.717, 1.165) is 93.7 Å². The van der Waals surface area contributed by atoms with Crippen LogP contribution >= 0.6 is 11.6 Å². The smallest absolute Gasteiger partial charge is 0.282 e. The summed E-state index contributed by atoms with van der Waals surface area (Å²) in [5.41, 5.74) is 3.78. The van der Waals surface area contributed by atoms with E-state index in [0.29, 0.717) is 65.4 Å². The molecule has 10 rings (SSSR count). The third-order valence-corrected chi connectivity index (χ3v) is 14.4. The quantitative estimate of drug-likeness (QED) is 0.192. The Balaban J connectivity index is 0.759. The molecule has 13 heteroatoms. The monoisotopic (exact) mass is 808 g/mol. The molecule has 3 amide bonds. The molecule has 4 aromatic rings. The summed E-state index contributed by atoms with van der Waals surface area (Å²) in [4.78, 5) is 63.1. The molecule has 1 spiro atoms. The number of benzene rings is 3. The summed E-state index contributed by atoms with van der Waals surface area (Å²) in [6.07, 6.45) is 8.99. The lowest BCUT2D eigenvalue weighted by Crippen LogP contribution is -2.54. The molecule has 0 bridgehead atoms. The lowest BCUT2D eigenvalue weighted by molar-refractivity contribution is -0.135. The van der Waals surface area contributed by atoms with E-state index in [4.69, 9.17) is 16.6 Å². The first-order valence-corrected chi connectivity index (χ1v) is 21.4. The van der Waals surface area contributed by atoms with Crippen LogP contribution in [0.25, 0.3) is 16.6 Å². The zero-order chi connectivity index (χ0) is 39.9. The van der Waals surface area contributed by atoms with Crippen molar-refractivity contribution in [3.8, 4) is 5.69 Å². The first-order chi connectivity index (χ1) is 28.1. The van der Waals surface area contributed by atoms with E-state index in [1.165, 1.54) is 17.5 Å². The Morgan fingerprint density at radius 2 is 1.57 bits per heavy atom. The molecule has 5 aliphatic heterocycles. The molecule has 0 unspecified atom stereocenters. The maximum atomic E-state index is 15.1. The Bertz CT molecular complexity index is 2380. The molecule has 58 heavy (non-hydrogen) atoms. The second kappa shape index (κ2) is 14.5. The van der Waals surface area contributed by atoms with Gasteiger partial charge in [-0.15, -0.1) is 0 Å². The molecule has 302 valence electrons. The number of nitrogens with zero attached hydrogens (tertiary/aromatic N) is 6. The van der Waals surface area contributed by atoms with Gasteiger partial charge in [0.1, 0.15) is 11.5 Å². The normalized spacial score (nSPS) is 22.5. The summed E-state index contributed by atoms with van der Waals surface area (Å²) >= 11 is 6.59. The van der Waals surface area contributed by atoms with Gasteiger partial charge in [0.05, 0.1) is 32.9 Å². The largest absolute Gasteiger partial charge is 0.370 e.